The van der Waals surface area contributed by atoms with Crippen molar-refractivity contribution in [3.05, 3.63) is 198 Å². The molecule has 0 N–H and O–H groups in total. The van der Waals surface area contributed by atoms with Crippen LogP contribution in [0.2, 0.25) is 0 Å². The Labute approximate surface area is 430 Å². The molecule has 8 aromatic carbocycles. The molecule has 12 aromatic rings. The van der Waals surface area contributed by atoms with Gasteiger partial charge in [0.15, 0.2) is 0 Å². The fourth-order valence-electron chi connectivity index (χ4n) is 11.7. The molecule has 2 aliphatic rings. The molecule has 6 heterocycles. The van der Waals surface area contributed by atoms with E-state index in [2.05, 4.69) is 211 Å². The number of nitrogens with zero attached hydrogens (tertiary/aromatic N) is 2. The normalized spacial score (nSPS) is 13.4. The fraction of sp³-hybridized carbons (Fsp3) is 0.152. The van der Waals surface area contributed by atoms with Crippen LogP contribution in [0.5, 0.6) is 0 Å². The molecule has 0 saturated carbocycles. The van der Waals surface area contributed by atoms with E-state index in [4.69, 9.17) is 13.3 Å². The van der Waals surface area contributed by atoms with Crippen molar-refractivity contribution in [3.63, 3.8) is 0 Å². The van der Waals surface area contributed by atoms with Gasteiger partial charge in [0.25, 0.3) is 6.71 Å². The number of hydrogen-bond acceptors (Lipinski definition) is 6. The number of furan rings is 3. The summed E-state index contributed by atoms with van der Waals surface area (Å²) >= 11 is 1.91. The third-order valence-electron chi connectivity index (χ3n) is 15.4. The van der Waals surface area contributed by atoms with E-state index in [-0.39, 0.29) is 17.5 Å². The standard InChI is InChI=1S/C66H53BN2O3S/c1-38-28-45(59-34-43-18-11-14-23-56(43)72-59)29-39(2)63(38)69-53-37-47(66(6,7)8)36-52-62(53)67(61-49-35-46(65(3,4)5)25-27-60(49)73-64(61)69)50-26-24-44(58-33-42-17-10-13-22-55(42)71-58)31-51(50)68(52)48-20-15-19-40(30-48)57-32-41-16-9-12-21-54(41)70-57/h9-37H,1-8H3. The molecule has 0 fully saturated rings. The number of thiophene rings is 1. The summed E-state index contributed by atoms with van der Waals surface area (Å²) in [4.78, 5) is 5.16. The van der Waals surface area contributed by atoms with Crippen LogP contribution in [-0.4, -0.2) is 6.71 Å². The predicted octanol–water partition coefficient (Wildman–Crippen LogP) is 17.4. The Morgan fingerprint density at radius 1 is 0.438 bits per heavy atom. The highest BCUT2D eigenvalue weighted by Crippen LogP contribution is 2.52. The number of fused-ring (bicyclic) bond motifs is 9. The molecule has 4 aromatic heterocycles. The van der Waals surface area contributed by atoms with Gasteiger partial charge in [0, 0.05) is 60.3 Å². The van der Waals surface area contributed by atoms with E-state index in [1.54, 1.807) is 0 Å². The Balaban J connectivity index is 1.07. The summed E-state index contributed by atoms with van der Waals surface area (Å²) in [6, 6.07) is 64.1. The van der Waals surface area contributed by atoms with Crippen LogP contribution in [-0.2, 0) is 10.8 Å². The van der Waals surface area contributed by atoms with E-state index in [9.17, 15) is 0 Å². The predicted molar refractivity (Wildman–Crippen MR) is 308 cm³/mol. The van der Waals surface area contributed by atoms with Gasteiger partial charge in [-0.3, -0.25) is 0 Å². The molecule has 0 spiro atoms. The van der Waals surface area contributed by atoms with Gasteiger partial charge < -0.3 is 23.1 Å². The second-order valence-corrected chi connectivity index (χ2v) is 23.3. The van der Waals surface area contributed by atoms with Gasteiger partial charge in [-0.05, 0) is 154 Å². The van der Waals surface area contributed by atoms with Gasteiger partial charge in [-0.25, -0.2) is 0 Å². The summed E-state index contributed by atoms with van der Waals surface area (Å²) in [5.74, 6) is 2.56. The van der Waals surface area contributed by atoms with Crippen molar-refractivity contribution in [2.24, 2.45) is 0 Å². The quantitative estimate of drug-likeness (QED) is 0.161. The Hall–Kier alpha value is -8.00. The van der Waals surface area contributed by atoms with Crippen molar-refractivity contribution in [1.29, 1.82) is 0 Å². The Bertz CT molecular complexity index is 4120. The lowest BCUT2D eigenvalue weighted by molar-refractivity contribution is 0.590. The first kappa shape index (κ1) is 43.8. The van der Waals surface area contributed by atoms with Crippen LogP contribution in [0.25, 0.3) is 77.0 Å². The first-order chi connectivity index (χ1) is 35.2. The van der Waals surface area contributed by atoms with Crippen molar-refractivity contribution in [3.8, 4) is 34.0 Å². The Kier molecular flexibility index (Phi) is 9.44. The highest BCUT2D eigenvalue weighted by molar-refractivity contribution is 7.26. The molecule has 0 saturated heterocycles. The van der Waals surface area contributed by atoms with Gasteiger partial charge in [-0.15, -0.1) is 11.3 Å². The minimum absolute atomic E-state index is 0.0463. The van der Waals surface area contributed by atoms with E-state index < -0.39 is 0 Å². The highest BCUT2D eigenvalue weighted by Gasteiger charge is 2.47. The highest BCUT2D eigenvalue weighted by atomic mass is 32.1. The number of rotatable bonds is 5. The fourth-order valence-corrected chi connectivity index (χ4v) is 12.9. The van der Waals surface area contributed by atoms with E-state index in [0.29, 0.717) is 0 Å². The van der Waals surface area contributed by atoms with Crippen LogP contribution in [0.4, 0.5) is 33.4 Å². The lowest BCUT2D eigenvalue weighted by atomic mass is 9.33. The summed E-state index contributed by atoms with van der Waals surface area (Å²) in [5, 5.41) is 5.84. The average Bonchev–Trinajstić information content (AvgIpc) is 4.20. The number of para-hydroxylation sites is 3. The molecule has 0 amide bonds. The molecule has 0 radical (unpaired) electrons. The van der Waals surface area contributed by atoms with Gasteiger partial charge in [0.05, 0.1) is 10.7 Å². The minimum Gasteiger partial charge on any atom is -0.456 e. The molecular weight excluding hydrogens is 912 g/mol. The average molecular weight is 965 g/mol. The van der Waals surface area contributed by atoms with Gasteiger partial charge in [0.1, 0.15) is 34.0 Å². The maximum Gasteiger partial charge on any atom is 0.254 e. The minimum atomic E-state index is -0.192. The molecule has 0 atom stereocenters. The molecule has 7 heteroatoms. The summed E-state index contributed by atoms with van der Waals surface area (Å²) in [5.41, 5.74) is 20.1. The van der Waals surface area contributed by atoms with Crippen LogP contribution < -0.4 is 26.2 Å². The molecule has 0 unspecified atom stereocenters. The zero-order valence-corrected chi connectivity index (χ0v) is 43.2. The van der Waals surface area contributed by atoms with Crippen LogP contribution in [0.3, 0.4) is 0 Å². The number of hydrogen-bond donors (Lipinski definition) is 0. The summed E-state index contributed by atoms with van der Waals surface area (Å²) < 4.78 is 21.0. The van der Waals surface area contributed by atoms with Gasteiger partial charge >= 0.3 is 0 Å². The van der Waals surface area contributed by atoms with E-state index >= 15 is 0 Å². The van der Waals surface area contributed by atoms with Crippen molar-refractivity contribution in [1.82, 2.24) is 0 Å². The monoisotopic (exact) mass is 964 g/mol. The maximum atomic E-state index is 6.65. The third kappa shape index (κ3) is 6.89. The topological polar surface area (TPSA) is 45.9 Å². The second-order valence-electron chi connectivity index (χ2n) is 22.3. The first-order valence-electron chi connectivity index (χ1n) is 25.4. The lowest BCUT2D eigenvalue weighted by Crippen LogP contribution is -2.61. The van der Waals surface area contributed by atoms with Crippen molar-refractivity contribution < 1.29 is 13.3 Å². The molecule has 0 bridgehead atoms. The number of aryl methyl sites for hydroxylation is 2. The molecule has 73 heavy (non-hydrogen) atoms. The van der Waals surface area contributed by atoms with Gasteiger partial charge in [-0.2, -0.15) is 0 Å². The molecule has 14 rings (SSSR count). The van der Waals surface area contributed by atoms with E-state index in [1.807, 2.05) is 41.7 Å². The maximum absolute atomic E-state index is 6.65. The van der Waals surface area contributed by atoms with Crippen LogP contribution in [0.1, 0.15) is 63.8 Å². The lowest BCUT2D eigenvalue weighted by Gasteiger charge is -2.44. The van der Waals surface area contributed by atoms with Crippen molar-refractivity contribution in [2.75, 3.05) is 9.80 Å². The van der Waals surface area contributed by atoms with Gasteiger partial charge in [0.2, 0.25) is 0 Å². The Morgan fingerprint density at radius 2 is 0.986 bits per heavy atom. The van der Waals surface area contributed by atoms with Gasteiger partial charge in [-0.1, -0.05) is 133 Å². The number of benzene rings is 8. The SMILES string of the molecule is Cc1cc(-c2cc3ccccc3o2)cc(C)c1N1c2cc(C(C)(C)C)cc3c2B(c2ccc(-c4cc5ccccc5o4)cc2N3c2cccc(-c3cc4ccccc4o3)c2)c2c1sc1ccc(C(C)(C)C)cc21. The van der Waals surface area contributed by atoms with Crippen molar-refractivity contribution in [2.45, 2.75) is 66.2 Å². The van der Waals surface area contributed by atoms with Crippen LogP contribution >= 0.6 is 11.3 Å². The molecule has 0 aliphatic carbocycles. The zero-order valence-electron chi connectivity index (χ0n) is 42.3. The molecular formula is C66H53BN2O3S. The summed E-state index contributed by atoms with van der Waals surface area (Å²) in [6.07, 6.45) is 0. The third-order valence-corrected chi connectivity index (χ3v) is 16.5. The zero-order chi connectivity index (χ0) is 49.7. The molecule has 354 valence electrons. The second kappa shape index (κ2) is 15.8. The smallest absolute Gasteiger partial charge is 0.254 e. The Morgan fingerprint density at radius 3 is 1.56 bits per heavy atom. The van der Waals surface area contributed by atoms with E-state index in [1.165, 1.54) is 70.8 Å². The largest absolute Gasteiger partial charge is 0.456 e. The molecule has 2 aliphatic heterocycles. The van der Waals surface area contributed by atoms with Crippen LogP contribution in [0.15, 0.2) is 189 Å². The first-order valence-corrected chi connectivity index (χ1v) is 26.2. The van der Waals surface area contributed by atoms with Crippen molar-refractivity contribution >= 4 is 111 Å². The van der Waals surface area contributed by atoms with E-state index in [0.717, 1.165) is 78.3 Å². The van der Waals surface area contributed by atoms with Crippen LogP contribution in [0, 0.1) is 13.8 Å². The number of anilines is 6. The molecule has 5 nitrogen and oxygen atoms in total. The summed E-state index contributed by atoms with van der Waals surface area (Å²) in [7, 11) is 0. The summed E-state index contributed by atoms with van der Waals surface area (Å²) in [6.45, 7) is 18.5.